The zero-order valence-electron chi connectivity index (χ0n) is 9.81. The lowest BCUT2D eigenvalue weighted by Gasteiger charge is -2.01. The molecule has 1 aromatic heterocycles. The van der Waals surface area contributed by atoms with Crippen LogP contribution in [0, 0.1) is 11.6 Å². The molecule has 1 N–H and O–H groups in total. The monoisotopic (exact) mass is 269 g/mol. The van der Waals surface area contributed by atoms with E-state index in [4.69, 9.17) is 9.63 Å². The van der Waals surface area contributed by atoms with E-state index in [1.54, 1.807) is 6.92 Å². The number of esters is 1. The number of nitrogens with zero attached hydrogens (tertiary/aromatic N) is 1. The Kier molecular flexibility index (Phi) is 3.46. The van der Waals surface area contributed by atoms with Crippen molar-refractivity contribution in [2.75, 3.05) is 6.61 Å². The minimum Gasteiger partial charge on any atom is -0.503 e. The molecule has 1 aromatic carbocycles. The molecule has 2 aromatic rings. The summed E-state index contributed by atoms with van der Waals surface area (Å²) in [6, 6.07) is 3.09. The number of phenols is 1. The van der Waals surface area contributed by atoms with E-state index >= 15 is 0 Å². The van der Waals surface area contributed by atoms with Crippen molar-refractivity contribution < 1.29 is 27.9 Å². The lowest BCUT2D eigenvalue weighted by Crippen LogP contribution is -2.04. The maximum atomic E-state index is 13.6. The maximum absolute atomic E-state index is 13.6. The van der Waals surface area contributed by atoms with Crippen molar-refractivity contribution in [3.05, 3.63) is 35.5 Å². The van der Waals surface area contributed by atoms with Crippen molar-refractivity contribution >= 4 is 5.97 Å². The number of aromatic hydroxyl groups is 1. The van der Waals surface area contributed by atoms with Gasteiger partial charge in [0.15, 0.2) is 28.8 Å². The highest BCUT2D eigenvalue weighted by Crippen LogP contribution is 2.30. The molecule has 0 aliphatic heterocycles. The average molecular weight is 269 g/mol. The van der Waals surface area contributed by atoms with E-state index in [9.17, 15) is 13.6 Å². The van der Waals surface area contributed by atoms with E-state index in [2.05, 4.69) is 9.89 Å². The molecule has 1 heterocycles. The Hall–Kier alpha value is -2.44. The van der Waals surface area contributed by atoms with Gasteiger partial charge in [0.05, 0.1) is 12.2 Å². The number of halogens is 2. The minimum absolute atomic E-state index is 0.115. The van der Waals surface area contributed by atoms with Gasteiger partial charge in [-0.25, -0.2) is 13.6 Å². The summed E-state index contributed by atoms with van der Waals surface area (Å²) in [6.07, 6.45) is 0. The largest absolute Gasteiger partial charge is 0.503 e. The number of aromatic nitrogens is 1. The van der Waals surface area contributed by atoms with Gasteiger partial charge in [0, 0.05) is 6.07 Å². The molecule has 0 aliphatic carbocycles. The zero-order chi connectivity index (χ0) is 14.0. The summed E-state index contributed by atoms with van der Waals surface area (Å²) >= 11 is 0. The molecule has 0 bridgehead atoms. The number of hydrogen-bond acceptors (Lipinski definition) is 5. The van der Waals surface area contributed by atoms with E-state index in [0.29, 0.717) is 0 Å². The molecule has 0 unspecified atom stereocenters. The molecule has 2 rings (SSSR count). The van der Waals surface area contributed by atoms with Crippen LogP contribution in [0.25, 0.3) is 11.3 Å². The SMILES string of the molecule is CCOC(=O)c1cc(-c2ccc(F)c(O)c2F)on1. The number of benzene rings is 1. The van der Waals surface area contributed by atoms with Crippen LogP contribution in [0.2, 0.25) is 0 Å². The predicted molar refractivity (Wildman–Crippen MR) is 59.5 cm³/mol. The molecule has 0 aliphatic rings. The van der Waals surface area contributed by atoms with Crippen molar-refractivity contribution in [3.63, 3.8) is 0 Å². The Morgan fingerprint density at radius 1 is 1.47 bits per heavy atom. The van der Waals surface area contributed by atoms with Crippen LogP contribution < -0.4 is 0 Å². The van der Waals surface area contributed by atoms with E-state index in [1.807, 2.05) is 0 Å². The third-order valence-corrected chi connectivity index (χ3v) is 2.33. The van der Waals surface area contributed by atoms with Crippen molar-refractivity contribution in [3.8, 4) is 17.1 Å². The molecule has 0 fully saturated rings. The zero-order valence-corrected chi connectivity index (χ0v) is 9.81. The second-order valence-electron chi connectivity index (χ2n) is 3.55. The second-order valence-corrected chi connectivity index (χ2v) is 3.55. The Bertz CT molecular complexity index is 624. The van der Waals surface area contributed by atoms with Gasteiger partial charge in [-0.05, 0) is 19.1 Å². The van der Waals surface area contributed by atoms with Crippen LogP contribution in [-0.4, -0.2) is 22.8 Å². The molecule has 7 heteroatoms. The van der Waals surface area contributed by atoms with Gasteiger partial charge in [-0.15, -0.1) is 0 Å². The first-order valence-electron chi connectivity index (χ1n) is 5.35. The van der Waals surface area contributed by atoms with Gasteiger partial charge < -0.3 is 14.4 Å². The van der Waals surface area contributed by atoms with E-state index < -0.39 is 23.4 Å². The third kappa shape index (κ3) is 2.40. The predicted octanol–water partition coefficient (Wildman–Crippen LogP) is 2.50. The molecule has 19 heavy (non-hydrogen) atoms. The molecule has 100 valence electrons. The van der Waals surface area contributed by atoms with Crippen LogP contribution >= 0.6 is 0 Å². The first-order valence-corrected chi connectivity index (χ1v) is 5.35. The second kappa shape index (κ2) is 5.05. The third-order valence-electron chi connectivity index (χ3n) is 2.33. The quantitative estimate of drug-likeness (QED) is 0.867. The van der Waals surface area contributed by atoms with Gasteiger partial charge in [-0.3, -0.25) is 0 Å². The average Bonchev–Trinajstić information content (AvgIpc) is 2.86. The van der Waals surface area contributed by atoms with Gasteiger partial charge in [-0.1, -0.05) is 5.16 Å². The van der Waals surface area contributed by atoms with Crippen molar-refractivity contribution in [2.45, 2.75) is 6.92 Å². The summed E-state index contributed by atoms with van der Waals surface area (Å²) in [5.74, 6) is -4.23. The van der Waals surface area contributed by atoms with Gasteiger partial charge in [0.25, 0.3) is 0 Å². The van der Waals surface area contributed by atoms with Gasteiger partial charge in [0.2, 0.25) is 0 Å². The summed E-state index contributed by atoms with van der Waals surface area (Å²) in [4.78, 5) is 11.3. The summed E-state index contributed by atoms with van der Waals surface area (Å²) in [6.45, 7) is 1.78. The van der Waals surface area contributed by atoms with Crippen LogP contribution in [0.1, 0.15) is 17.4 Å². The molecule has 0 spiro atoms. The Labute approximate surface area is 106 Å². The first kappa shape index (κ1) is 13.0. The Morgan fingerprint density at radius 3 is 2.89 bits per heavy atom. The summed E-state index contributed by atoms with van der Waals surface area (Å²) < 4.78 is 36.0. The maximum Gasteiger partial charge on any atom is 0.360 e. The summed E-state index contributed by atoms with van der Waals surface area (Å²) in [5, 5.41) is 12.6. The van der Waals surface area contributed by atoms with Crippen LogP contribution in [-0.2, 0) is 4.74 Å². The van der Waals surface area contributed by atoms with Gasteiger partial charge in [-0.2, -0.15) is 0 Å². The minimum atomic E-state index is -1.19. The van der Waals surface area contributed by atoms with Crippen molar-refractivity contribution in [1.82, 2.24) is 5.16 Å². The highest BCUT2D eigenvalue weighted by Gasteiger charge is 2.20. The molecule has 0 saturated carbocycles. The van der Waals surface area contributed by atoms with E-state index in [0.717, 1.165) is 18.2 Å². The number of hydrogen-bond donors (Lipinski definition) is 1. The summed E-state index contributed by atoms with van der Waals surface area (Å²) in [7, 11) is 0. The number of ether oxygens (including phenoxy) is 1. The van der Waals surface area contributed by atoms with Crippen LogP contribution in [0.3, 0.4) is 0 Å². The van der Waals surface area contributed by atoms with Crippen LogP contribution in [0.4, 0.5) is 8.78 Å². The number of carbonyl (C=O) groups excluding carboxylic acids is 1. The topological polar surface area (TPSA) is 72.6 Å². The molecular formula is C12H9F2NO4. The van der Waals surface area contributed by atoms with Gasteiger partial charge in [0.1, 0.15) is 0 Å². The molecule has 0 amide bonds. The molecular weight excluding hydrogens is 260 g/mol. The smallest absolute Gasteiger partial charge is 0.360 e. The lowest BCUT2D eigenvalue weighted by atomic mass is 10.1. The Balaban J connectivity index is 2.38. The van der Waals surface area contributed by atoms with Gasteiger partial charge >= 0.3 is 5.97 Å². The van der Waals surface area contributed by atoms with E-state index in [1.165, 1.54) is 0 Å². The highest BCUT2D eigenvalue weighted by atomic mass is 19.1. The molecule has 0 atom stereocenters. The van der Waals surface area contributed by atoms with Crippen molar-refractivity contribution in [1.29, 1.82) is 0 Å². The molecule has 5 nitrogen and oxygen atoms in total. The normalized spacial score (nSPS) is 10.5. The number of rotatable bonds is 3. The fraction of sp³-hybridized carbons (Fsp3) is 0.167. The fourth-order valence-corrected chi connectivity index (χ4v) is 1.43. The highest BCUT2D eigenvalue weighted by molar-refractivity contribution is 5.88. The number of phenolic OH excluding ortho intramolecular Hbond substituents is 1. The summed E-state index contributed by atoms with van der Waals surface area (Å²) in [5.41, 5.74) is -0.345. The molecule has 0 radical (unpaired) electrons. The Morgan fingerprint density at radius 2 is 2.21 bits per heavy atom. The lowest BCUT2D eigenvalue weighted by molar-refractivity contribution is 0.0514. The van der Waals surface area contributed by atoms with Crippen LogP contribution in [0.5, 0.6) is 5.75 Å². The number of carbonyl (C=O) groups is 1. The fourth-order valence-electron chi connectivity index (χ4n) is 1.43. The van der Waals surface area contributed by atoms with E-state index in [-0.39, 0.29) is 23.6 Å². The standard InChI is InChI=1S/C12H9F2NO4/c1-2-18-12(17)8-5-9(19-15-8)6-3-4-7(13)11(16)10(6)14/h3-5,16H,2H2,1H3. The first-order chi connectivity index (χ1) is 9.04. The molecule has 0 saturated heterocycles. The van der Waals surface area contributed by atoms with Crippen molar-refractivity contribution in [2.24, 2.45) is 0 Å². The van der Waals surface area contributed by atoms with Crippen LogP contribution in [0.15, 0.2) is 22.7 Å².